The van der Waals surface area contributed by atoms with Crippen LogP contribution in [0.4, 0.5) is 10.1 Å². The Kier molecular flexibility index (Phi) is 7.00. The number of ether oxygens (including phenoxy) is 2. The van der Waals surface area contributed by atoms with Gasteiger partial charge in [-0.3, -0.25) is 4.90 Å². The van der Waals surface area contributed by atoms with Crippen LogP contribution in [0.15, 0.2) is 48.5 Å². The summed E-state index contributed by atoms with van der Waals surface area (Å²) in [6.45, 7) is 5.71. The number of para-hydroxylation sites is 1. The van der Waals surface area contributed by atoms with E-state index in [1.807, 2.05) is 31.2 Å². The Hall–Kier alpha value is -2.19. The summed E-state index contributed by atoms with van der Waals surface area (Å²) in [6, 6.07) is 14.2. The number of hydrogen-bond donors (Lipinski definition) is 2. The molecule has 2 N–H and O–H groups in total. The molecular weight excluding hydrogens is 411 g/mol. The molecule has 2 aliphatic heterocycles. The third-order valence-electron chi connectivity index (χ3n) is 6.43. The van der Waals surface area contributed by atoms with Gasteiger partial charge in [0, 0.05) is 38.4 Å². The summed E-state index contributed by atoms with van der Waals surface area (Å²) < 4.78 is 24.8. The number of aryl methyl sites for hydroxylation is 1. The zero-order chi connectivity index (χ0) is 22.6. The summed E-state index contributed by atoms with van der Waals surface area (Å²) in [5.74, 6) is 0.507. The molecule has 2 saturated heterocycles. The lowest BCUT2D eigenvalue weighted by molar-refractivity contribution is -0.0743. The molecular formula is C25H33FN2O4. The Bertz CT molecular complexity index is 886. The van der Waals surface area contributed by atoms with Crippen molar-refractivity contribution in [3.8, 4) is 5.75 Å². The minimum atomic E-state index is -1.15. The predicted molar refractivity (Wildman–Crippen MR) is 122 cm³/mol. The van der Waals surface area contributed by atoms with Gasteiger partial charge in [0.25, 0.3) is 0 Å². The lowest BCUT2D eigenvalue weighted by Gasteiger charge is -2.42. The first kappa shape index (κ1) is 23.0. The van der Waals surface area contributed by atoms with Crippen LogP contribution in [0.5, 0.6) is 5.75 Å². The summed E-state index contributed by atoms with van der Waals surface area (Å²) in [5.41, 5.74) is 0.00636. The van der Waals surface area contributed by atoms with Gasteiger partial charge in [0.1, 0.15) is 23.8 Å². The minimum absolute atomic E-state index is 0.130. The Morgan fingerprint density at radius 1 is 1.00 bits per heavy atom. The molecule has 2 aromatic rings. The minimum Gasteiger partial charge on any atom is -0.490 e. The van der Waals surface area contributed by atoms with Gasteiger partial charge in [-0.2, -0.15) is 0 Å². The number of benzene rings is 2. The van der Waals surface area contributed by atoms with E-state index in [1.54, 1.807) is 12.1 Å². The van der Waals surface area contributed by atoms with Gasteiger partial charge in [-0.05, 0) is 55.7 Å². The van der Waals surface area contributed by atoms with E-state index in [-0.39, 0.29) is 19.0 Å². The van der Waals surface area contributed by atoms with E-state index >= 15 is 0 Å². The van der Waals surface area contributed by atoms with E-state index in [2.05, 4.69) is 9.80 Å². The second kappa shape index (κ2) is 9.75. The molecule has 0 spiro atoms. The monoisotopic (exact) mass is 444 g/mol. The fourth-order valence-electron chi connectivity index (χ4n) is 4.56. The van der Waals surface area contributed by atoms with Crippen LogP contribution in [0.25, 0.3) is 0 Å². The van der Waals surface area contributed by atoms with Gasteiger partial charge >= 0.3 is 0 Å². The Morgan fingerprint density at radius 3 is 2.44 bits per heavy atom. The Balaban J connectivity index is 1.33. The second-order valence-electron chi connectivity index (χ2n) is 9.23. The van der Waals surface area contributed by atoms with E-state index < -0.39 is 11.2 Å². The number of rotatable bonds is 6. The fraction of sp³-hybridized carbons (Fsp3) is 0.520. The highest BCUT2D eigenvalue weighted by molar-refractivity contribution is 5.46. The van der Waals surface area contributed by atoms with Gasteiger partial charge < -0.3 is 24.6 Å². The van der Waals surface area contributed by atoms with Gasteiger partial charge in [-0.15, -0.1) is 0 Å². The zero-order valence-corrected chi connectivity index (χ0v) is 18.7. The average molecular weight is 445 g/mol. The Labute approximate surface area is 189 Å². The molecule has 2 heterocycles. The largest absolute Gasteiger partial charge is 0.490 e. The highest BCUT2D eigenvalue weighted by Gasteiger charge is 2.39. The van der Waals surface area contributed by atoms with Crippen molar-refractivity contribution in [3.05, 3.63) is 59.9 Å². The van der Waals surface area contributed by atoms with Crippen molar-refractivity contribution in [2.24, 2.45) is 0 Å². The van der Waals surface area contributed by atoms with Crippen LogP contribution in [-0.2, 0) is 4.74 Å². The normalized spacial score (nSPS) is 24.2. The molecule has 174 valence electrons. The number of hydrogen-bond acceptors (Lipinski definition) is 6. The molecule has 2 fully saturated rings. The summed E-state index contributed by atoms with van der Waals surface area (Å²) in [7, 11) is 0. The number of β-amino-alcohol motifs (C(OH)–C–C–N with tert-alkyl or cyclic N) is 2. The molecule has 0 radical (unpaired) electrons. The van der Waals surface area contributed by atoms with Gasteiger partial charge in [-0.25, -0.2) is 4.39 Å². The van der Waals surface area contributed by atoms with Crippen LogP contribution in [-0.4, -0.2) is 78.9 Å². The number of piperidine rings is 1. The molecule has 6 nitrogen and oxygen atoms in total. The first-order valence-electron chi connectivity index (χ1n) is 11.3. The molecule has 0 bridgehead atoms. The maximum Gasteiger partial charge on any atom is 0.134 e. The highest BCUT2D eigenvalue weighted by Crippen LogP contribution is 2.28. The van der Waals surface area contributed by atoms with E-state index in [4.69, 9.17) is 9.47 Å². The van der Waals surface area contributed by atoms with Crippen LogP contribution in [0.3, 0.4) is 0 Å². The topological polar surface area (TPSA) is 65.4 Å². The van der Waals surface area contributed by atoms with Crippen LogP contribution in [0, 0.1) is 12.7 Å². The Morgan fingerprint density at radius 2 is 1.72 bits per heavy atom. The summed E-state index contributed by atoms with van der Waals surface area (Å²) >= 11 is 0. The number of halogens is 1. The molecule has 0 aromatic heterocycles. The predicted octanol–water partition coefficient (Wildman–Crippen LogP) is 2.61. The number of nitrogens with zero attached hydrogens (tertiary/aromatic N) is 2. The molecule has 2 aromatic carbocycles. The summed E-state index contributed by atoms with van der Waals surface area (Å²) in [6.07, 6.45) is 1.22. The summed E-state index contributed by atoms with van der Waals surface area (Å²) in [5, 5.41) is 22.4. The van der Waals surface area contributed by atoms with Crippen LogP contribution >= 0.6 is 0 Å². The second-order valence-corrected chi connectivity index (χ2v) is 9.23. The standard InChI is InChI=1S/C25H33FN2O4/c1-20-4-2-3-5-23(20)32-19-25(30)17-27(14-15-31-18-25)16-24(29)10-12-28(13-11-24)22-8-6-21(26)7-9-22/h2-9,29-30H,10-19H2,1H3. The highest BCUT2D eigenvalue weighted by atomic mass is 19.1. The third-order valence-corrected chi connectivity index (χ3v) is 6.43. The van der Waals surface area contributed by atoms with Crippen molar-refractivity contribution in [2.45, 2.75) is 31.0 Å². The van der Waals surface area contributed by atoms with Crippen molar-refractivity contribution >= 4 is 5.69 Å². The van der Waals surface area contributed by atoms with Crippen molar-refractivity contribution in [3.63, 3.8) is 0 Å². The van der Waals surface area contributed by atoms with E-state index in [0.717, 1.165) is 17.0 Å². The van der Waals surface area contributed by atoms with Gasteiger partial charge in [0.15, 0.2) is 0 Å². The fourth-order valence-corrected chi connectivity index (χ4v) is 4.56. The van der Waals surface area contributed by atoms with Gasteiger partial charge in [0.2, 0.25) is 0 Å². The van der Waals surface area contributed by atoms with Crippen LogP contribution in [0.2, 0.25) is 0 Å². The SMILES string of the molecule is Cc1ccccc1OCC1(O)COCCN(CC2(O)CCN(c3ccc(F)cc3)CC2)C1. The average Bonchev–Trinajstić information content (AvgIpc) is 2.95. The zero-order valence-electron chi connectivity index (χ0n) is 18.7. The molecule has 4 rings (SSSR count). The number of aliphatic hydroxyl groups is 2. The molecule has 32 heavy (non-hydrogen) atoms. The molecule has 0 amide bonds. The quantitative estimate of drug-likeness (QED) is 0.714. The molecule has 2 aliphatic rings. The molecule has 1 atom stereocenters. The maximum absolute atomic E-state index is 13.2. The van der Waals surface area contributed by atoms with Gasteiger partial charge in [0.05, 0.1) is 18.8 Å². The molecule has 1 unspecified atom stereocenters. The molecule has 0 aliphatic carbocycles. The first-order chi connectivity index (χ1) is 15.3. The van der Waals surface area contributed by atoms with Crippen molar-refractivity contribution < 1.29 is 24.1 Å². The van der Waals surface area contributed by atoms with Crippen molar-refractivity contribution in [1.82, 2.24) is 4.90 Å². The van der Waals surface area contributed by atoms with Crippen molar-refractivity contribution in [2.75, 3.05) is 57.4 Å². The summed E-state index contributed by atoms with van der Waals surface area (Å²) in [4.78, 5) is 4.26. The van der Waals surface area contributed by atoms with Crippen LogP contribution in [0.1, 0.15) is 18.4 Å². The van der Waals surface area contributed by atoms with E-state index in [0.29, 0.717) is 52.2 Å². The third kappa shape index (κ3) is 5.78. The van der Waals surface area contributed by atoms with E-state index in [1.165, 1.54) is 12.1 Å². The molecule has 7 heteroatoms. The smallest absolute Gasteiger partial charge is 0.134 e. The first-order valence-corrected chi connectivity index (χ1v) is 11.3. The van der Waals surface area contributed by atoms with Crippen molar-refractivity contribution in [1.29, 1.82) is 0 Å². The molecule has 0 saturated carbocycles. The van der Waals surface area contributed by atoms with E-state index in [9.17, 15) is 14.6 Å². The maximum atomic E-state index is 13.2. The van der Waals surface area contributed by atoms with Gasteiger partial charge in [-0.1, -0.05) is 18.2 Å². The van der Waals surface area contributed by atoms with Crippen LogP contribution < -0.4 is 9.64 Å². The lowest BCUT2D eigenvalue weighted by atomic mass is 9.90. The number of anilines is 1. The lowest BCUT2D eigenvalue weighted by Crippen LogP contribution is -2.55.